The van der Waals surface area contributed by atoms with Crippen LogP contribution in [0.3, 0.4) is 0 Å². The van der Waals surface area contributed by atoms with Crippen molar-refractivity contribution >= 4 is 11.9 Å². The zero-order chi connectivity index (χ0) is 35.0. The third-order valence-corrected chi connectivity index (χ3v) is 6.67. The summed E-state index contributed by atoms with van der Waals surface area (Å²) >= 11 is 0. The summed E-state index contributed by atoms with van der Waals surface area (Å²) in [5, 5.41) is 0. The van der Waals surface area contributed by atoms with Crippen LogP contribution in [0.1, 0.15) is 63.0 Å². The first-order chi connectivity index (χ1) is 24.1. The van der Waals surface area contributed by atoms with Crippen molar-refractivity contribution in [1.29, 1.82) is 0 Å². The van der Waals surface area contributed by atoms with Gasteiger partial charge in [-0.3, -0.25) is 0 Å². The van der Waals surface area contributed by atoms with E-state index in [0.29, 0.717) is 32.2 Å². The number of ether oxygens (including phenoxy) is 6. The average Bonchev–Trinajstić information content (AvgIpc) is 3.12. The van der Waals surface area contributed by atoms with E-state index in [9.17, 15) is 9.59 Å². The smallest absolute Gasteiger partial charge is 0.331 e. The van der Waals surface area contributed by atoms with E-state index in [4.69, 9.17) is 34.8 Å². The quantitative estimate of drug-likeness (QED) is 0.0575. The zero-order valence-electron chi connectivity index (χ0n) is 28.4. The Hall–Kier alpha value is -5.12. The highest BCUT2D eigenvalue weighted by atomic mass is 16.6. The fourth-order valence-corrected chi connectivity index (χ4v) is 4.18. The second kappa shape index (κ2) is 27.9. The number of aryl methyl sites for hydroxylation is 1. The van der Waals surface area contributed by atoms with Crippen LogP contribution < -0.4 is 9.47 Å². The predicted octanol–water partition coefficient (Wildman–Crippen LogP) is 6.10. The molecule has 0 aromatic heterocycles. The van der Waals surface area contributed by atoms with Crippen molar-refractivity contribution in [3.8, 4) is 59.4 Å². The van der Waals surface area contributed by atoms with Crippen LogP contribution in [0.4, 0.5) is 0 Å². The molecule has 0 saturated carbocycles. The van der Waals surface area contributed by atoms with Crippen molar-refractivity contribution in [2.75, 3.05) is 52.9 Å². The summed E-state index contributed by atoms with van der Waals surface area (Å²) < 4.78 is 32.2. The first-order valence-corrected chi connectivity index (χ1v) is 16.7. The van der Waals surface area contributed by atoms with Gasteiger partial charge in [0.2, 0.25) is 0 Å². The lowest BCUT2D eigenvalue weighted by molar-refractivity contribution is -0.142. The van der Waals surface area contributed by atoms with E-state index in [-0.39, 0.29) is 26.4 Å². The highest BCUT2D eigenvalue weighted by Gasteiger charge is 2.03. The number of hydrogen-bond acceptors (Lipinski definition) is 8. The minimum atomic E-state index is -0.675. The SMILES string of the molecule is C#CC#CC#CC#Cc1ccc(OCCOCCOC(=O)/C=C/C(=O)OCCOCCOc2ccc(CCCCCCCCC)cc2)cc1. The first kappa shape index (κ1) is 40.1. The Kier molecular flexibility index (Phi) is 22.8. The van der Waals surface area contributed by atoms with E-state index in [1.807, 2.05) is 24.3 Å². The largest absolute Gasteiger partial charge is 0.491 e. The first-order valence-electron chi connectivity index (χ1n) is 16.7. The van der Waals surface area contributed by atoms with Gasteiger partial charge in [0.1, 0.15) is 37.9 Å². The van der Waals surface area contributed by atoms with Crippen LogP contribution in [0.15, 0.2) is 60.7 Å². The maximum atomic E-state index is 11.8. The van der Waals surface area contributed by atoms with Crippen molar-refractivity contribution in [2.24, 2.45) is 0 Å². The highest BCUT2D eigenvalue weighted by Crippen LogP contribution is 2.15. The number of carbonyl (C=O) groups excluding carboxylic acids is 2. The standard InChI is InChI=1S/C41H46O8/c1-3-5-7-9-11-13-15-17-37-20-24-39(25-21-37)47-33-29-45-31-35-49-41(43)27-26-40(42)48-34-30-44-28-32-46-38-22-18-36(19-23-38)16-14-12-10-8-6-4-2/h2,18-27H,3,5,7,9,11,13,15,17,28-35H2,1H3/b27-26+. The molecule has 8 nitrogen and oxygen atoms in total. The van der Waals surface area contributed by atoms with Gasteiger partial charge in [-0.2, -0.15) is 0 Å². The summed E-state index contributed by atoms with van der Waals surface area (Å²) in [6.45, 7) is 4.09. The normalized spacial score (nSPS) is 9.96. The Morgan fingerprint density at radius 1 is 0.592 bits per heavy atom. The molecule has 0 aliphatic carbocycles. The molecule has 0 heterocycles. The Bertz CT molecular complexity index is 1480. The van der Waals surface area contributed by atoms with E-state index in [1.165, 1.54) is 50.5 Å². The van der Waals surface area contributed by atoms with Gasteiger partial charge in [0.15, 0.2) is 0 Å². The molecule has 0 atom stereocenters. The molecule has 0 aliphatic heterocycles. The molecule has 0 bridgehead atoms. The Labute approximate surface area is 291 Å². The summed E-state index contributed by atoms with van der Waals surface area (Å²) in [4.78, 5) is 23.6. The van der Waals surface area contributed by atoms with Gasteiger partial charge < -0.3 is 28.4 Å². The predicted molar refractivity (Wildman–Crippen MR) is 190 cm³/mol. The van der Waals surface area contributed by atoms with Crippen molar-refractivity contribution in [1.82, 2.24) is 0 Å². The third kappa shape index (κ3) is 22.1. The lowest BCUT2D eigenvalue weighted by Crippen LogP contribution is -2.14. The van der Waals surface area contributed by atoms with Crippen molar-refractivity contribution < 1.29 is 38.0 Å². The third-order valence-electron chi connectivity index (χ3n) is 6.67. The number of rotatable bonds is 24. The molecule has 2 aromatic rings. The maximum absolute atomic E-state index is 11.8. The van der Waals surface area contributed by atoms with E-state index in [1.54, 1.807) is 12.1 Å². The molecule has 0 amide bonds. The van der Waals surface area contributed by atoms with Crippen molar-refractivity contribution in [3.63, 3.8) is 0 Å². The summed E-state index contributed by atoms with van der Waals surface area (Å²) in [6, 6.07) is 15.4. The minimum Gasteiger partial charge on any atom is -0.491 e. The topological polar surface area (TPSA) is 89.5 Å². The van der Waals surface area contributed by atoms with Crippen LogP contribution in [0.5, 0.6) is 11.5 Å². The van der Waals surface area contributed by atoms with Gasteiger partial charge in [0, 0.05) is 17.7 Å². The molecule has 0 spiro atoms. The number of unbranched alkanes of at least 4 members (excludes halogenated alkanes) is 6. The number of esters is 2. The summed E-state index contributed by atoms with van der Waals surface area (Å²) in [7, 11) is 0. The lowest BCUT2D eigenvalue weighted by Gasteiger charge is -2.08. The van der Waals surface area contributed by atoms with Gasteiger partial charge in [0.25, 0.3) is 0 Å². The molecule has 49 heavy (non-hydrogen) atoms. The number of carbonyl (C=O) groups is 2. The summed E-state index contributed by atoms with van der Waals surface area (Å²) in [5.74, 6) is 17.9. The fourth-order valence-electron chi connectivity index (χ4n) is 4.18. The molecule has 0 radical (unpaired) electrons. The molecule has 0 fully saturated rings. The van der Waals surface area contributed by atoms with E-state index < -0.39 is 11.9 Å². The molecule has 0 unspecified atom stereocenters. The lowest BCUT2D eigenvalue weighted by atomic mass is 10.0. The van der Waals surface area contributed by atoms with Gasteiger partial charge in [-0.15, -0.1) is 6.42 Å². The Morgan fingerprint density at radius 2 is 1.08 bits per heavy atom. The molecule has 258 valence electrons. The van der Waals surface area contributed by atoms with Crippen LogP contribution in [0, 0.1) is 47.9 Å². The summed E-state index contributed by atoms with van der Waals surface area (Å²) in [5.41, 5.74) is 2.11. The maximum Gasteiger partial charge on any atom is 0.331 e. The minimum absolute atomic E-state index is 0.0299. The zero-order valence-corrected chi connectivity index (χ0v) is 28.4. The van der Waals surface area contributed by atoms with E-state index >= 15 is 0 Å². The van der Waals surface area contributed by atoms with Gasteiger partial charge in [0.05, 0.1) is 26.4 Å². The van der Waals surface area contributed by atoms with Crippen LogP contribution in [-0.2, 0) is 35.0 Å². The van der Waals surface area contributed by atoms with Crippen molar-refractivity contribution in [3.05, 3.63) is 71.8 Å². The average molecular weight is 667 g/mol. The fraction of sp³-hybridized carbons (Fsp3) is 0.415. The molecule has 0 N–H and O–H groups in total. The molecule has 0 aliphatic rings. The number of terminal acetylenes is 1. The highest BCUT2D eigenvalue weighted by molar-refractivity contribution is 5.91. The van der Waals surface area contributed by atoms with Crippen LogP contribution in [0.2, 0.25) is 0 Å². The Balaban J connectivity index is 1.42. The Morgan fingerprint density at radius 3 is 1.65 bits per heavy atom. The van der Waals surface area contributed by atoms with Crippen LogP contribution in [-0.4, -0.2) is 64.8 Å². The second-order valence-electron chi connectivity index (χ2n) is 10.5. The molecular formula is C41H46O8. The van der Waals surface area contributed by atoms with Gasteiger partial charge in [-0.05, 0) is 90.3 Å². The van der Waals surface area contributed by atoms with E-state index in [2.05, 4.69) is 60.5 Å². The van der Waals surface area contributed by atoms with E-state index in [0.717, 1.165) is 29.9 Å². The summed E-state index contributed by atoms with van der Waals surface area (Å²) in [6.07, 6.45) is 17.3. The van der Waals surface area contributed by atoms with Gasteiger partial charge in [-0.25, -0.2) is 9.59 Å². The molecular weight excluding hydrogens is 620 g/mol. The monoisotopic (exact) mass is 666 g/mol. The number of benzene rings is 2. The molecule has 2 rings (SSSR count). The van der Waals surface area contributed by atoms with Crippen LogP contribution >= 0.6 is 0 Å². The van der Waals surface area contributed by atoms with Crippen LogP contribution in [0.25, 0.3) is 0 Å². The molecule has 0 saturated heterocycles. The van der Waals surface area contributed by atoms with Gasteiger partial charge in [-0.1, -0.05) is 63.5 Å². The number of hydrogen-bond donors (Lipinski definition) is 0. The van der Waals surface area contributed by atoms with Crippen molar-refractivity contribution in [2.45, 2.75) is 58.3 Å². The molecule has 8 heteroatoms. The van der Waals surface area contributed by atoms with Gasteiger partial charge >= 0.3 is 11.9 Å². The second-order valence-corrected chi connectivity index (χ2v) is 10.5. The molecule has 2 aromatic carbocycles.